The molecule has 0 spiro atoms. The van der Waals surface area contributed by atoms with Gasteiger partial charge in [-0.15, -0.1) is 5.10 Å². The van der Waals surface area contributed by atoms with Gasteiger partial charge < -0.3 is 4.90 Å². The van der Waals surface area contributed by atoms with Gasteiger partial charge in [0.2, 0.25) is 5.95 Å². The molecule has 0 unspecified atom stereocenters. The summed E-state index contributed by atoms with van der Waals surface area (Å²) in [7, 11) is 4.60. The van der Waals surface area contributed by atoms with Crippen LogP contribution >= 0.6 is 10.7 Å². The third-order valence-electron chi connectivity index (χ3n) is 4.53. The molecule has 1 aromatic heterocycles. The van der Waals surface area contributed by atoms with Crippen LogP contribution in [0.1, 0.15) is 55.5 Å². The van der Waals surface area contributed by atoms with E-state index in [1.165, 1.54) is 11.0 Å². The van der Waals surface area contributed by atoms with E-state index in [4.69, 9.17) is 10.7 Å². The van der Waals surface area contributed by atoms with Gasteiger partial charge in [-0.25, -0.2) is 8.42 Å². The van der Waals surface area contributed by atoms with Crippen molar-refractivity contribution in [3.05, 3.63) is 29.1 Å². The van der Waals surface area contributed by atoms with E-state index in [-0.39, 0.29) is 28.4 Å². The SMILES string of the molecule is CC(C)c1cc(C2CC2)c(-n2nc(C(F)(F)F)nc2N(C)C)cc1S(=O)(=O)Cl. The largest absolute Gasteiger partial charge is 0.453 e. The van der Waals surface area contributed by atoms with Gasteiger partial charge in [0.15, 0.2) is 0 Å². The summed E-state index contributed by atoms with van der Waals surface area (Å²) in [6, 6.07) is 3.04. The summed E-state index contributed by atoms with van der Waals surface area (Å²) >= 11 is 0. The maximum absolute atomic E-state index is 13.2. The van der Waals surface area contributed by atoms with Crippen molar-refractivity contribution in [1.29, 1.82) is 0 Å². The van der Waals surface area contributed by atoms with Gasteiger partial charge in [-0.05, 0) is 41.9 Å². The minimum absolute atomic E-state index is 0.0514. The van der Waals surface area contributed by atoms with Crippen molar-refractivity contribution >= 4 is 25.7 Å². The predicted molar refractivity (Wildman–Crippen MR) is 99.8 cm³/mol. The van der Waals surface area contributed by atoms with Crippen LogP contribution in [0, 0.1) is 0 Å². The summed E-state index contributed by atoms with van der Waals surface area (Å²) < 4.78 is 64.9. The minimum Gasteiger partial charge on any atom is -0.347 e. The Hall–Kier alpha value is -1.81. The molecule has 1 aliphatic carbocycles. The molecular formula is C17H20ClF3N4O2S. The third kappa shape index (κ3) is 3.98. The van der Waals surface area contributed by atoms with E-state index in [1.54, 1.807) is 20.2 Å². The molecule has 0 atom stereocenters. The molecule has 0 saturated heterocycles. The molecule has 2 aromatic rings. The van der Waals surface area contributed by atoms with E-state index in [9.17, 15) is 21.6 Å². The molecular weight excluding hydrogens is 417 g/mol. The number of nitrogens with zero attached hydrogens (tertiary/aromatic N) is 4. The zero-order valence-corrected chi connectivity index (χ0v) is 17.3. The van der Waals surface area contributed by atoms with E-state index in [0.29, 0.717) is 5.56 Å². The van der Waals surface area contributed by atoms with Gasteiger partial charge in [0.25, 0.3) is 14.9 Å². The lowest BCUT2D eigenvalue weighted by Gasteiger charge is -2.19. The molecule has 154 valence electrons. The topological polar surface area (TPSA) is 68.1 Å². The van der Waals surface area contributed by atoms with Crippen molar-refractivity contribution in [3.8, 4) is 5.69 Å². The fraction of sp³-hybridized carbons (Fsp3) is 0.529. The molecule has 11 heteroatoms. The number of aromatic nitrogens is 3. The second-order valence-electron chi connectivity index (χ2n) is 7.36. The molecule has 3 rings (SSSR count). The predicted octanol–water partition coefficient (Wildman–Crippen LogP) is 4.28. The molecule has 6 nitrogen and oxygen atoms in total. The Morgan fingerprint density at radius 2 is 1.86 bits per heavy atom. The summed E-state index contributed by atoms with van der Waals surface area (Å²) in [5.74, 6) is -1.34. The Labute approximate surface area is 165 Å². The maximum Gasteiger partial charge on any atom is 0.453 e. The Morgan fingerprint density at radius 3 is 2.29 bits per heavy atom. The first kappa shape index (κ1) is 20.9. The quantitative estimate of drug-likeness (QED) is 0.654. The Bertz CT molecular complexity index is 1010. The number of hydrogen-bond donors (Lipinski definition) is 0. The molecule has 1 aliphatic rings. The summed E-state index contributed by atoms with van der Waals surface area (Å²) in [6.45, 7) is 3.67. The molecule has 0 bridgehead atoms. The second-order valence-corrected chi connectivity index (χ2v) is 9.89. The number of anilines is 1. The average molecular weight is 437 g/mol. The van der Waals surface area contributed by atoms with Crippen LogP contribution in [0.25, 0.3) is 5.69 Å². The van der Waals surface area contributed by atoms with Crippen molar-refractivity contribution in [3.63, 3.8) is 0 Å². The van der Waals surface area contributed by atoms with E-state index < -0.39 is 21.1 Å². The standard InChI is InChI=1S/C17H20ClF3N4O2S/c1-9(2)11-7-12(10-5-6-10)13(8-14(11)28(18,26)27)25-16(24(3)4)22-15(23-25)17(19,20)21/h7-10H,5-6H2,1-4H3. The summed E-state index contributed by atoms with van der Waals surface area (Å²) in [4.78, 5) is 4.86. The Kier molecular flexibility index (Phi) is 5.16. The smallest absolute Gasteiger partial charge is 0.347 e. The molecule has 28 heavy (non-hydrogen) atoms. The van der Waals surface area contributed by atoms with Gasteiger partial charge >= 0.3 is 6.18 Å². The second kappa shape index (κ2) is 6.91. The summed E-state index contributed by atoms with van der Waals surface area (Å²) in [5, 5.41) is 3.64. The Morgan fingerprint density at radius 1 is 1.25 bits per heavy atom. The van der Waals surface area contributed by atoms with Crippen molar-refractivity contribution in [2.45, 2.75) is 49.6 Å². The van der Waals surface area contributed by atoms with Crippen LogP contribution in [0.3, 0.4) is 0 Å². The molecule has 0 aliphatic heterocycles. The third-order valence-corrected chi connectivity index (χ3v) is 5.91. The maximum atomic E-state index is 13.2. The Balaban J connectivity index is 2.34. The fourth-order valence-corrected chi connectivity index (χ4v) is 4.28. The van der Waals surface area contributed by atoms with Gasteiger partial charge in [-0.2, -0.15) is 22.8 Å². The molecule has 1 saturated carbocycles. The van der Waals surface area contributed by atoms with Crippen molar-refractivity contribution < 1.29 is 21.6 Å². The molecule has 1 aromatic carbocycles. The highest BCUT2D eigenvalue weighted by Crippen LogP contribution is 2.46. The summed E-state index contributed by atoms with van der Waals surface area (Å²) in [5.41, 5.74) is 1.52. The number of hydrogen-bond acceptors (Lipinski definition) is 5. The van der Waals surface area contributed by atoms with Crippen molar-refractivity contribution in [2.24, 2.45) is 0 Å². The average Bonchev–Trinajstić information content (AvgIpc) is 3.28. The van der Waals surface area contributed by atoms with Gasteiger partial charge in [0, 0.05) is 24.8 Å². The van der Waals surface area contributed by atoms with Gasteiger partial charge in [-0.3, -0.25) is 0 Å². The van der Waals surface area contributed by atoms with E-state index in [2.05, 4.69) is 10.1 Å². The first-order valence-electron chi connectivity index (χ1n) is 8.65. The van der Waals surface area contributed by atoms with Crippen LogP contribution in [0.5, 0.6) is 0 Å². The lowest BCUT2D eigenvalue weighted by Crippen LogP contribution is -2.17. The summed E-state index contributed by atoms with van der Waals surface area (Å²) in [6.07, 6.45) is -2.99. The molecule has 1 heterocycles. The first-order chi connectivity index (χ1) is 12.8. The van der Waals surface area contributed by atoms with Crippen molar-refractivity contribution in [2.75, 3.05) is 19.0 Å². The van der Waals surface area contributed by atoms with Crippen LogP contribution in [-0.4, -0.2) is 37.3 Å². The molecule has 0 amide bonds. The molecule has 0 radical (unpaired) electrons. The minimum atomic E-state index is -4.73. The fourth-order valence-electron chi connectivity index (χ4n) is 3.05. The number of benzene rings is 1. The van der Waals surface area contributed by atoms with Crippen LogP contribution in [0.4, 0.5) is 19.1 Å². The van der Waals surface area contributed by atoms with Gasteiger partial charge in [0.1, 0.15) is 0 Å². The number of rotatable bonds is 5. The zero-order chi connectivity index (χ0) is 21.0. The molecule has 0 N–H and O–H groups in total. The lowest BCUT2D eigenvalue weighted by atomic mass is 9.97. The lowest BCUT2D eigenvalue weighted by molar-refractivity contribution is -0.144. The highest BCUT2D eigenvalue weighted by atomic mass is 35.7. The van der Waals surface area contributed by atoms with Crippen LogP contribution in [0.15, 0.2) is 17.0 Å². The van der Waals surface area contributed by atoms with Crippen LogP contribution in [0.2, 0.25) is 0 Å². The van der Waals surface area contributed by atoms with Crippen molar-refractivity contribution in [1.82, 2.24) is 14.8 Å². The number of halogens is 4. The van der Waals surface area contributed by atoms with E-state index in [1.807, 2.05) is 13.8 Å². The zero-order valence-electron chi connectivity index (χ0n) is 15.7. The first-order valence-corrected chi connectivity index (χ1v) is 11.0. The van der Waals surface area contributed by atoms with E-state index >= 15 is 0 Å². The van der Waals surface area contributed by atoms with Crippen LogP contribution < -0.4 is 4.90 Å². The highest BCUT2D eigenvalue weighted by Gasteiger charge is 2.39. The molecule has 1 fully saturated rings. The van der Waals surface area contributed by atoms with E-state index in [0.717, 1.165) is 23.1 Å². The number of alkyl halides is 3. The van der Waals surface area contributed by atoms with Gasteiger partial charge in [-0.1, -0.05) is 19.9 Å². The monoisotopic (exact) mass is 436 g/mol. The van der Waals surface area contributed by atoms with Crippen LogP contribution in [-0.2, 0) is 15.2 Å². The van der Waals surface area contributed by atoms with Gasteiger partial charge in [0.05, 0.1) is 10.6 Å². The highest BCUT2D eigenvalue weighted by molar-refractivity contribution is 8.13. The normalized spacial score (nSPS) is 15.3.